The average molecular weight is 246 g/mol. The van der Waals surface area contributed by atoms with Crippen LogP contribution in [0.1, 0.15) is 31.7 Å². The smallest absolute Gasteiger partial charge is 0.314 e. The molecule has 90 valence electrons. The van der Waals surface area contributed by atoms with Crippen LogP contribution in [0.25, 0.3) is 0 Å². The van der Waals surface area contributed by atoms with Gasteiger partial charge >= 0.3 is 5.97 Å². The van der Waals surface area contributed by atoms with E-state index in [1.807, 2.05) is 6.92 Å². The van der Waals surface area contributed by atoms with Crippen molar-refractivity contribution in [3.63, 3.8) is 0 Å². The Bertz CT molecular complexity index is 342. The summed E-state index contributed by atoms with van der Waals surface area (Å²) in [6.07, 6.45) is 1.57. The van der Waals surface area contributed by atoms with Crippen molar-refractivity contribution in [1.82, 2.24) is 10.1 Å². The Morgan fingerprint density at radius 3 is 3.00 bits per heavy atom. The molecule has 1 heterocycles. The van der Waals surface area contributed by atoms with Crippen molar-refractivity contribution in [3.8, 4) is 0 Å². The number of hydrogen-bond acceptors (Lipinski definition) is 6. The third-order valence-corrected chi connectivity index (χ3v) is 2.67. The summed E-state index contributed by atoms with van der Waals surface area (Å²) in [5.74, 6) is -0.536. The minimum atomic E-state index is -0.915. The topological polar surface area (TPSA) is 85.5 Å². The van der Waals surface area contributed by atoms with Gasteiger partial charge in [0.15, 0.2) is 0 Å². The fraction of sp³-hybridized carbons (Fsp3) is 0.667. The lowest BCUT2D eigenvalue weighted by atomic mass is 10.2. The van der Waals surface area contributed by atoms with Crippen LogP contribution in [0.15, 0.2) is 9.75 Å². The zero-order valence-electron chi connectivity index (χ0n) is 9.17. The van der Waals surface area contributed by atoms with Crippen LogP contribution in [0, 0.1) is 0 Å². The molecule has 0 aliphatic rings. The third kappa shape index (κ3) is 3.82. The number of aromatic nitrogens is 2. The molecule has 1 atom stereocenters. The van der Waals surface area contributed by atoms with E-state index in [1.165, 1.54) is 0 Å². The van der Waals surface area contributed by atoms with E-state index in [9.17, 15) is 4.79 Å². The number of ether oxygens (including phenoxy) is 1. The SMILES string of the molecule is CCCC(OC)c1noc(SCC(=O)O)n1. The summed E-state index contributed by atoms with van der Waals surface area (Å²) in [6.45, 7) is 2.03. The number of carboxylic acid groups (broad SMARTS) is 1. The molecule has 6 nitrogen and oxygen atoms in total. The van der Waals surface area contributed by atoms with E-state index in [1.54, 1.807) is 7.11 Å². The van der Waals surface area contributed by atoms with Gasteiger partial charge in [0.2, 0.25) is 5.82 Å². The highest BCUT2D eigenvalue weighted by molar-refractivity contribution is 7.99. The summed E-state index contributed by atoms with van der Waals surface area (Å²) in [7, 11) is 1.58. The molecular weight excluding hydrogens is 232 g/mol. The Kier molecular flexibility index (Phi) is 5.27. The van der Waals surface area contributed by atoms with Gasteiger partial charge < -0.3 is 14.4 Å². The molecule has 1 N–H and O–H groups in total. The molecular formula is C9H14N2O4S. The van der Waals surface area contributed by atoms with Gasteiger partial charge in [0.05, 0.1) is 0 Å². The van der Waals surface area contributed by atoms with Gasteiger partial charge in [0.25, 0.3) is 5.22 Å². The maximum Gasteiger partial charge on any atom is 0.314 e. The molecule has 0 aliphatic heterocycles. The van der Waals surface area contributed by atoms with Gasteiger partial charge in [-0.25, -0.2) is 0 Å². The number of thioether (sulfide) groups is 1. The van der Waals surface area contributed by atoms with Crippen LogP contribution in [-0.4, -0.2) is 34.1 Å². The first-order valence-electron chi connectivity index (χ1n) is 4.88. The molecule has 0 bridgehead atoms. The zero-order valence-corrected chi connectivity index (χ0v) is 9.99. The van der Waals surface area contributed by atoms with E-state index in [4.69, 9.17) is 14.4 Å². The highest BCUT2D eigenvalue weighted by atomic mass is 32.2. The number of carbonyl (C=O) groups is 1. The van der Waals surface area contributed by atoms with E-state index >= 15 is 0 Å². The van der Waals surface area contributed by atoms with Gasteiger partial charge in [-0.1, -0.05) is 30.3 Å². The summed E-state index contributed by atoms with van der Waals surface area (Å²) in [5, 5.41) is 12.5. The molecule has 0 spiro atoms. The summed E-state index contributed by atoms with van der Waals surface area (Å²) in [6, 6.07) is 0. The first-order chi connectivity index (χ1) is 7.67. The van der Waals surface area contributed by atoms with E-state index in [0.717, 1.165) is 24.6 Å². The van der Waals surface area contributed by atoms with Crippen molar-refractivity contribution in [2.45, 2.75) is 31.1 Å². The van der Waals surface area contributed by atoms with Crippen LogP contribution in [0.5, 0.6) is 0 Å². The molecule has 0 aromatic carbocycles. The molecule has 0 amide bonds. The second kappa shape index (κ2) is 6.49. The van der Waals surface area contributed by atoms with E-state index in [2.05, 4.69) is 10.1 Å². The second-order valence-corrected chi connectivity index (χ2v) is 4.04. The maximum atomic E-state index is 10.3. The molecule has 0 radical (unpaired) electrons. The van der Waals surface area contributed by atoms with Crippen LogP contribution in [-0.2, 0) is 9.53 Å². The van der Waals surface area contributed by atoms with Crippen molar-refractivity contribution >= 4 is 17.7 Å². The summed E-state index contributed by atoms with van der Waals surface area (Å²) < 4.78 is 10.1. The van der Waals surface area contributed by atoms with Crippen molar-refractivity contribution in [2.24, 2.45) is 0 Å². The lowest BCUT2D eigenvalue weighted by Crippen LogP contribution is -2.03. The fourth-order valence-electron chi connectivity index (χ4n) is 1.15. The molecule has 7 heteroatoms. The minimum absolute atomic E-state index is 0.0902. The number of rotatable bonds is 7. The van der Waals surface area contributed by atoms with Gasteiger partial charge in [-0.15, -0.1) is 0 Å². The minimum Gasteiger partial charge on any atom is -0.481 e. The van der Waals surface area contributed by atoms with Crippen LogP contribution in [0.4, 0.5) is 0 Å². The van der Waals surface area contributed by atoms with E-state index < -0.39 is 5.97 Å². The molecule has 1 aromatic rings. The highest BCUT2D eigenvalue weighted by Crippen LogP contribution is 2.22. The molecule has 0 saturated heterocycles. The lowest BCUT2D eigenvalue weighted by Gasteiger charge is -2.08. The molecule has 16 heavy (non-hydrogen) atoms. The number of hydrogen-bond donors (Lipinski definition) is 1. The Morgan fingerprint density at radius 1 is 1.69 bits per heavy atom. The zero-order chi connectivity index (χ0) is 12.0. The molecule has 0 aliphatic carbocycles. The Labute approximate surface area is 97.4 Å². The monoisotopic (exact) mass is 246 g/mol. The van der Waals surface area contributed by atoms with Gasteiger partial charge in [0, 0.05) is 7.11 Å². The molecule has 0 saturated carbocycles. The fourth-order valence-corrected chi connectivity index (χ4v) is 1.64. The number of methoxy groups -OCH3 is 1. The Morgan fingerprint density at radius 2 is 2.44 bits per heavy atom. The van der Waals surface area contributed by atoms with E-state index in [-0.39, 0.29) is 17.1 Å². The predicted molar refractivity (Wildman–Crippen MR) is 57.3 cm³/mol. The van der Waals surface area contributed by atoms with Crippen LogP contribution < -0.4 is 0 Å². The third-order valence-electron chi connectivity index (χ3n) is 1.87. The Balaban J connectivity index is 2.58. The van der Waals surface area contributed by atoms with Crippen LogP contribution in [0.3, 0.4) is 0 Å². The summed E-state index contributed by atoms with van der Waals surface area (Å²) in [4.78, 5) is 14.4. The Hall–Kier alpha value is -1.08. The maximum absolute atomic E-state index is 10.3. The van der Waals surface area contributed by atoms with Crippen molar-refractivity contribution < 1.29 is 19.2 Å². The van der Waals surface area contributed by atoms with Crippen LogP contribution in [0.2, 0.25) is 0 Å². The van der Waals surface area contributed by atoms with E-state index in [0.29, 0.717) is 5.82 Å². The molecule has 1 aromatic heterocycles. The molecule has 1 unspecified atom stereocenters. The normalized spacial score (nSPS) is 12.6. The van der Waals surface area contributed by atoms with Gasteiger partial charge in [-0.2, -0.15) is 4.98 Å². The van der Waals surface area contributed by atoms with Gasteiger partial charge in [0.1, 0.15) is 11.9 Å². The van der Waals surface area contributed by atoms with Gasteiger partial charge in [-0.3, -0.25) is 4.79 Å². The standard InChI is InChI=1S/C9H14N2O4S/c1-3-4-6(14-2)8-10-9(15-11-8)16-5-7(12)13/h6H,3-5H2,1-2H3,(H,12,13). The summed E-state index contributed by atoms with van der Waals surface area (Å²) >= 11 is 1.000. The predicted octanol–water partition coefficient (Wildman–Crippen LogP) is 1.73. The number of carboxylic acids is 1. The second-order valence-electron chi connectivity index (χ2n) is 3.11. The van der Waals surface area contributed by atoms with Crippen molar-refractivity contribution in [1.29, 1.82) is 0 Å². The molecule has 0 fully saturated rings. The van der Waals surface area contributed by atoms with Gasteiger partial charge in [-0.05, 0) is 6.42 Å². The van der Waals surface area contributed by atoms with Crippen LogP contribution >= 0.6 is 11.8 Å². The first kappa shape index (κ1) is 13.0. The quantitative estimate of drug-likeness (QED) is 0.733. The summed E-state index contributed by atoms with van der Waals surface area (Å²) in [5.41, 5.74) is 0. The largest absolute Gasteiger partial charge is 0.481 e. The number of aliphatic carboxylic acids is 1. The molecule has 1 rings (SSSR count). The van der Waals surface area contributed by atoms with Crippen molar-refractivity contribution in [3.05, 3.63) is 5.82 Å². The average Bonchev–Trinajstić information content (AvgIpc) is 2.71. The number of nitrogens with zero attached hydrogens (tertiary/aromatic N) is 2. The first-order valence-corrected chi connectivity index (χ1v) is 5.87. The highest BCUT2D eigenvalue weighted by Gasteiger charge is 2.17. The lowest BCUT2D eigenvalue weighted by molar-refractivity contribution is -0.133. The van der Waals surface area contributed by atoms with Crippen molar-refractivity contribution in [2.75, 3.05) is 12.9 Å².